The van der Waals surface area contributed by atoms with Crippen LogP contribution in [-0.2, 0) is 4.79 Å². The number of aliphatic carboxylic acids is 1. The Bertz CT molecular complexity index is 119. The maximum absolute atomic E-state index is 10.2. The predicted octanol–water partition coefficient (Wildman–Crippen LogP) is 1.56. The van der Waals surface area contributed by atoms with Gasteiger partial charge < -0.3 is 5.11 Å². The molecule has 0 aliphatic rings. The first-order chi connectivity index (χ1) is 3.85. The molecule has 0 radical (unpaired) electrons. The van der Waals surface area contributed by atoms with Crippen molar-refractivity contribution in [1.29, 1.82) is 0 Å². The number of hydrogen-bond donors (Lipinski definition) is 1. The van der Waals surface area contributed by atoms with Crippen molar-refractivity contribution in [3.05, 3.63) is 0 Å². The summed E-state index contributed by atoms with van der Waals surface area (Å²) in [5, 5.41) is 7.77. The average molecular weight is 167 g/mol. The van der Waals surface area contributed by atoms with Crippen molar-refractivity contribution in [2.45, 2.75) is 24.6 Å². The van der Waals surface area contributed by atoms with Crippen molar-refractivity contribution < 1.29 is 9.90 Å². The molecule has 1 atom stereocenters. The molecule has 0 aromatic rings. The quantitative estimate of drug-likeness (QED) is 0.500. The van der Waals surface area contributed by atoms with Crippen molar-refractivity contribution in [2.75, 3.05) is 0 Å². The third kappa shape index (κ3) is 2.86. The van der Waals surface area contributed by atoms with Gasteiger partial charge in [-0.1, -0.05) is 19.6 Å². The van der Waals surface area contributed by atoms with Crippen LogP contribution in [0.3, 0.4) is 0 Å². The molecule has 0 saturated carbocycles. The van der Waals surface area contributed by atoms with Crippen molar-refractivity contribution in [3.8, 4) is 0 Å². The second kappa shape index (κ2) is 2.71. The van der Waals surface area contributed by atoms with Crippen LogP contribution >= 0.6 is 11.6 Å². The number of halogens is 1. The van der Waals surface area contributed by atoms with Crippen LogP contribution in [-0.4, -0.2) is 24.2 Å². The summed E-state index contributed by atoms with van der Waals surface area (Å²) in [6.07, 6.45) is 0. The Kier molecular flexibility index (Phi) is 2.70. The van der Waals surface area contributed by atoms with Gasteiger partial charge in [0.1, 0.15) is 5.00 Å². The van der Waals surface area contributed by atoms with E-state index in [0.717, 1.165) is 0 Å². The third-order valence-electron chi connectivity index (χ3n) is 0.977. The van der Waals surface area contributed by atoms with Crippen LogP contribution in [0, 0.1) is 0 Å². The van der Waals surface area contributed by atoms with Gasteiger partial charge in [-0.05, 0) is 0 Å². The first-order valence-electron chi connectivity index (χ1n) is 2.72. The lowest BCUT2D eigenvalue weighted by atomic mass is 10.8. The molecule has 0 heterocycles. The fourth-order valence-electron chi connectivity index (χ4n) is 0.370. The minimum absolute atomic E-state index is 0.655. The summed E-state index contributed by atoms with van der Waals surface area (Å²) in [6, 6.07) is 0. The third-order valence-corrected chi connectivity index (χ3v) is 4.90. The van der Waals surface area contributed by atoms with Crippen LogP contribution in [0.4, 0.5) is 0 Å². The second-order valence-electron chi connectivity index (χ2n) is 3.07. The van der Waals surface area contributed by atoms with Crippen molar-refractivity contribution in [3.63, 3.8) is 0 Å². The highest BCUT2D eigenvalue weighted by Gasteiger charge is 2.30. The van der Waals surface area contributed by atoms with Crippen LogP contribution in [0.1, 0.15) is 0 Å². The van der Waals surface area contributed by atoms with Crippen molar-refractivity contribution >= 4 is 25.6 Å². The number of carbonyl (C=O) groups is 1. The molecule has 9 heavy (non-hydrogen) atoms. The van der Waals surface area contributed by atoms with Gasteiger partial charge in [-0.15, -0.1) is 11.6 Å². The molecular formula is C5H11ClO2Si. The normalized spacial score (nSPS) is 15.1. The van der Waals surface area contributed by atoms with Crippen LogP contribution < -0.4 is 0 Å². The molecule has 1 N–H and O–H groups in total. The van der Waals surface area contributed by atoms with Gasteiger partial charge in [0.2, 0.25) is 0 Å². The molecular weight excluding hydrogens is 156 g/mol. The SMILES string of the molecule is C[Si](C)(C)C(Cl)C(=O)O. The van der Waals surface area contributed by atoms with E-state index in [1.165, 1.54) is 0 Å². The molecule has 0 amide bonds. The van der Waals surface area contributed by atoms with Crippen LogP contribution in [0.25, 0.3) is 0 Å². The lowest BCUT2D eigenvalue weighted by Gasteiger charge is -2.17. The summed E-state index contributed by atoms with van der Waals surface area (Å²) in [5.74, 6) is -0.893. The summed E-state index contributed by atoms with van der Waals surface area (Å²) in [5.41, 5.74) is 0. The monoisotopic (exact) mass is 166 g/mol. The maximum atomic E-state index is 10.2. The van der Waals surface area contributed by atoms with E-state index in [1.54, 1.807) is 0 Å². The summed E-state index contributed by atoms with van der Waals surface area (Å²) in [4.78, 5) is 10.2. The number of carboxylic acids is 1. The molecule has 0 aliphatic carbocycles. The van der Waals surface area contributed by atoms with E-state index in [2.05, 4.69) is 0 Å². The van der Waals surface area contributed by atoms with Gasteiger partial charge in [-0.2, -0.15) is 0 Å². The zero-order valence-electron chi connectivity index (χ0n) is 5.81. The first-order valence-corrected chi connectivity index (χ1v) is 6.74. The Balaban J connectivity index is 4.04. The first kappa shape index (κ1) is 8.98. The molecule has 0 bridgehead atoms. The van der Waals surface area contributed by atoms with Gasteiger partial charge in [-0.25, -0.2) is 0 Å². The lowest BCUT2D eigenvalue weighted by molar-refractivity contribution is -0.135. The highest BCUT2D eigenvalue weighted by Crippen LogP contribution is 2.13. The zero-order chi connectivity index (χ0) is 7.65. The molecule has 0 aliphatic heterocycles. The summed E-state index contributed by atoms with van der Waals surface area (Å²) in [7, 11) is -1.66. The Morgan fingerprint density at radius 2 is 1.89 bits per heavy atom. The average Bonchev–Trinajstić information content (AvgIpc) is 1.62. The van der Waals surface area contributed by atoms with Gasteiger partial charge >= 0.3 is 5.97 Å². The van der Waals surface area contributed by atoms with Gasteiger partial charge in [0.15, 0.2) is 0 Å². The Morgan fingerprint density at radius 1 is 1.56 bits per heavy atom. The van der Waals surface area contributed by atoms with Gasteiger partial charge in [0, 0.05) is 0 Å². The van der Waals surface area contributed by atoms with E-state index in [9.17, 15) is 4.79 Å². The number of rotatable bonds is 2. The largest absolute Gasteiger partial charge is 0.480 e. The van der Waals surface area contributed by atoms with E-state index in [-0.39, 0.29) is 0 Å². The molecule has 1 unspecified atom stereocenters. The molecule has 0 saturated heterocycles. The molecule has 0 spiro atoms. The summed E-state index contributed by atoms with van der Waals surface area (Å²) < 4.78 is 0. The summed E-state index contributed by atoms with van der Waals surface area (Å²) in [6.45, 7) is 5.79. The van der Waals surface area contributed by atoms with Gasteiger partial charge in [0.05, 0.1) is 8.07 Å². The van der Waals surface area contributed by atoms with Gasteiger partial charge in [0.25, 0.3) is 0 Å². The Labute approximate surface area is 60.8 Å². The Morgan fingerprint density at radius 3 is 1.89 bits per heavy atom. The second-order valence-corrected chi connectivity index (χ2v) is 9.18. The van der Waals surface area contributed by atoms with Crippen LogP contribution in [0.5, 0.6) is 0 Å². The van der Waals surface area contributed by atoms with E-state index >= 15 is 0 Å². The topological polar surface area (TPSA) is 37.3 Å². The van der Waals surface area contributed by atoms with E-state index in [1.807, 2.05) is 19.6 Å². The predicted molar refractivity (Wildman–Crippen MR) is 40.6 cm³/mol. The molecule has 0 rings (SSSR count). The number of hydrogen-bond acceptors (Lipinski definition) is 1. The van der Waals surface area contributed by atoms with E-state index in [4.69, 9.17) is 16.7 Å². The molecule has 0 fully saturated rings. The standard InChI is InChI=1S/C5H11ClO2Si/c1-9(2,3)4(6)5(7)8/h4H,1-3H3,(H,7,8). The van der Waals surface area contributed by atoms with Crippen LogP contribution in [0.15, 0.2) is 0 Å². The molecule has 4 heteroatoms. The van der Waals surface area contributed by atoms with Crippen molar-refractivity contribution in [1.82, 2.24) is 0 Å². The fraction of sp³-hybridized carbons (Fsp3) is 0.800. The molecule has 54 valence electrons. The highest BCUT2D eigenvalue weighted by molar-refractivity contribution is 6.87. The van der Waals surface area contributed by atoms with Gasteiger partial charge in [-0.3, -0.25) is 4.79 Å². The number of alkyl halides is 1. The lowest BCUT2D eigenvalue weighted by Crippen LogP contribution is -2.39. The Hall–Kier alpha value is -0.0231. The minimum Gasteiger partial charge on any atom is -0.480 e. The molecule has 0 aromatic carbocycles. The minimum atomic E-state index is -1.66. The fourth-order valence-corrected chi connectivity index (χ4v) is 1.11. The smallest absolute Gasteiger partial charge is 0.318 e. The number of carboxylic acid groups (broad SMARTS) is 1. The van der Waals surface area contributed by atoms with E-state index in [0.29, 0.717) is 0 Å². The molecule has 2 nitrogen and oxygen atoms in total. The highest BCUT2D eigenvalue weighted by atomic mass is 35.5. The van der Waals surface area contributed by atoms with E-state index < -0.39 is 19.0 Å². The van der Waals surface area contributed by atoms with Crippen LogP contribution in [0.2, 0.25) is 19.6 Å². The van der Waals surface area contributed by atoms with Crippen molar-refractivity contribution in [2.24, 2.45) is 0 Å². The summed E-state index contributed by atoms with van der Waals surface area (Å²) >= 11 is 5.55. The maximum Gasteiger partial charge on any atom is 0.318 e. The zero-order valence-corrected chi connectivity index (χ0v) is 7.57. The molecule has 0 aromatic heterocycles.